The average molecular weight is 291 g/mol. The number of pyridine rings is 1. The maximum Gasteiger partial charge on any atom is 0.339 e. The molecule has 0 spiro atoms. The molecule has 0 bridgehead atoms. The highest BCUT2D eigenvalue weighted by molar-refractivity contribution is 5.89. The molecule has 2 rings (SSSR count). The molecule has 1 aliphatic heterocycles. The lowest BCUT2D eigenvalue weighted by molar-refractivity contribution is 0.0526. The van der Waals surface area contributed by atoms with Gasteiger partial charge in [-0.2, -0.15) is 0 Å². The summed E-state index contributed by atoms with van der Waals surface area (Å²) in [7, 11) is 0. The molecule has 21 heavy (non-hydrogen) atoms. The molecule has 0 saturated carbocycles. The number of esters is 1. The van der Waals surface area contributed by atoms with Crippen molar-refractivity contribution in [3.8, 4) is 0 Å². The summed E-state index contributed by atoms with van der Waals surface area (Å²) in [5.41, 5.74) is 0.510. The quantitative estimate of drug-likeness (QED) is 0.781. The van der Waals surface area contributed by atoms with Crippen LogP contribution in [0.1, 0.15) is 43.5 Å². The Kier molecular flexibility index (Phi) is 5.99. The van der Waals surface area contributed by atoms with Gasteiger partial charge in [0.25, 0.3) is 0 Å². The van der Waals surface area contributed by atoms with Crippen LogP contribution in [0, 0.1) is 0 Å². The summed E-state index contributed by atoms with van der Waals surface area (Å²) in [4.78, 5) is 18.4. The van der Waals surface area contributed by atoms with Crippen LogP contribution in [0.5, 0.6) is 0 Å². The molecule has 0 radical (unpaired) electrons. The van der Waals surface area contributed by atoms with E-state index in [-0.39, 0.29) is 5.97 Å². The van der Waals surface area contributed by atoms with Crippen LogP contribution in [0.3, 0.4) is 0 Å². The molecule has 1 aromatic heterocycles. The van der Waals surface area contributed by atoms with Crippen LogP contribution in [0.15, 0.2) is 18.3 Å². The van der Waals surface area contributed by atoms with Crippen LogP contribution in [0.25, 0.3) is 0 Å². The van der Waals surface area contributed by atoms with Crippen molar-refractivity contribution in [2.75, 3.05) is 31.1 Å². The molecule has 5 heteroatoms. The fourth-order valence-electron chi connectivity index (χ4n) is 2.66. The molecule has 116 valence electrons. The maximum absolute atomic E-state index is 11.6. The van der Waals surface area contributed by atoms with E-state index >= 15 is 0 Å². The van der Waals surface area contributed by atoms with E-state index in [1.807, 2.05) is 6.07 Å². The smallest absolute Gasteiger partial charge is 0.339 e. The van der Waals surface area contributed by atoms with E-state index in [0.29, 0.717) is 18.2 Å². The van der Waals surface area contributed by atoms with E-state index in [0.717, 1.165) is 31.9 Å². The van der Waals surface area contributed by atoms with Crippen molar-refractivity contribution in [2.24, 2.45) is 0 Å². The number of hydrogen-bond donors (Lipinski definition) is 1. The van der Waals surface area contributed by atoms with Crippen LogP contribution in [0.2, 0.25) is 0 Å². The van der Waals surface area contributed by atoms with Gasteiger partial charge in [0.1, 0.15) is 5.82 Å². The van der Waals surface area contributed by atoms with Gasteiger partial charge in [-0.3, -0.25) is 0 Å². The van der Waals surface area contributed by atoms with Crippen molar-refractivity contribution in [3.05, 3.63) is 23.9 Å². The minimum atomic E-state index is -0.309. The standard InChI is InChI=1S/C16H25N3O2/c1-3-10-19(12-14-6-5-9-17-14)15-8-7-13(11-18-15)16(20)21-4-2/h7-8,11,14,17H,3-6,9-10,12H2,1-2H3. The molecule has 1 aromatic rings. The third-order valence-corrected chi connectivity index (χ3v) is 3.68. The topological polar surface area (TPSA) is 54.5 Å². The average Bonchev–Trinajstić information content (AvgIpc) is 3.00. The molecule has 1 aliphatic rings. The molecule has 0 aliphatic carbocycles. The molecule has 1 saturated heterocycles. The zero-order valence-electron chi connectivity index (χ0n) is 13.0. The van der Waals surface area contributed by atoms with Gasteiger partial charge in [-0.1, -0.05) is 6.92 Å². The number of carbonyl (C=O) groups is 1. The monoisotopic (exact) mass is 291 g/mol. The third kappa shape index (κ3) is 4.43. The molecule has 1 fully saturated rings. The molecule has 0 amide bonds. The van der Waals surface area contributed by atoms with Gasteiger partial charge in [0.05, 0.1) is 12.2 Å². The second-order valence-electron chi connectivity index (χ2n) is 5.36. The number of rotatable bonds is 7. The molecule has 2 heterocycles. The Balaban J connectivity index is 2.03. The van der Waals surface area contributed by atoms with Crippen LogP contribution in [-0.2, 0) is 4.74 Å². The molecular weight excluding hydrogens is 266 g/mol. The normalized spacial score (nSPS) is 17.7. The first kappa shape index (κ1) is 15.8. The van der Waals surface area contributed by atoms with Crippen LogP contribution in [0.4, 0.5) is 5.82 Å². The fraction of sp³-hybridized carbons (Fsp3) is 0.625. The number of anilines is 1. The molecule has 1 N–H and O–H groups in total. The van der Waals surface area contributed by atoms with Crippen molar-refractivity contribution in [1.82, 2.24) is 10.3 Å². The first-order valence-corrected chi connectivity index (χ1v) is 7.86. The predicted octanol–water partition coefficient (Wildman–Crippen LogP) is 2.23. The Morgan fingerprint density at radius 1 is 1.48 bits per heavy atom. The van der Waals surface area contributed by atoms with Gasteiger partial charge in [0, 0.05) is 25.3 Å². The second-order valence-corrected chi connectivity index (χ2v) is 5.36. The highest BCUT2D eigenvalue weighted by Crippen LogP contribution is 2.15. The Labute approximate surface area is 126 Å². The van der Waals surface area contributed by atoms with E-state index in [2.05, 4.69) is 22.1 Å². The molecular formula is C16H25N3O2. The number of aromatic nitrogens is 1. The van der Waals surface area contributed by atoms with E-state index < -0.39 is 0 Å². The molecule has 0 aromatic carbocycles. The summed E-state index contributed by atoms with van der Waals surface area (Å²) in [5, 5.41) is 3.52. The van der Waals surface area contributed by atoms with Gasteiger partial charge in [-0.05, 0) is 44.9 Å². The Morgan fingerprint density at radius 2 is 2.33 bits per heavy atom. The molecule has 1 atom stereocenters. The highest BCUT2D eigenvalue weighted by atomic mass is 16.5. The number of ether oxygens (including phenoxy) is 1. The van der Waals surface area contributed by atoms with Gasteiger partial charge in [-0.25, -0.2) is 9.78 Å². The van der Waals surface area contributed by atoms with Gasteiger partial charge in [0.2, 0.25) is 0 Å². The SMILES string of the molecule is CCCN(CC1CCCN1)c1ccc(C(=O)OCC)cn1. The van der Waals surface area contributed by atoms with Crippen molar-refractivity contribution in [1.29, 1.82) is 0 Å². The predicted molar refractivity (Wildman–Crippen MR) is 83.7 cm³/mol. The summed E-state index contributed by atoms with van der Waals surface area (Å²) >= 11 is 0. The summed E-state index contributed by atoms with van der Waals surface area (Å²) in [6, 6.07) is 4.25. The second kappa shape index (κ2) is 7.98. The van der Waals surface area contributed by atoms with Crippen LogP contribution < -0.4 is 10.2 Å². The van der Waals surface area contributed by atoms with Gasteiger partial charge in [-0.15, -0.1) is 0 Å². The Morgan fingerprint density at radius 3 is 2.90 bits per heavy atom. The third-order valence-electron chi connectivity index (χ3n) is 3.68. The van der Waals surface area contributed by atoms with E-state index in [4.69, 9.17) is 4.74 Å². The van der Waals surface area contributed by atoms with Crippen molar-refractivity contribution in [2.45, 2.75) is 39.2 Å². The van der Waals surface area contributed by atoms with Gasteiger partial charge in [0.15, 0.2) is 0 Å². The minimum Gasteiger partial charge on any atom is -0.462 e. The lowest BCUT2D eigenvalue weighted by atomic mass is 10.2. The minimum absolute atomic E-state index is 0.309. The van der Waals surface area contributed by atoms with Crippen LogP contribution in [-0.4, -0.2) is 43.2 Å². The van der Waals surface area contributed by atoms with Crippen molar-refractivity contribution >= 4 is 11.8 Å². The first-order valence-electron chi connectivity index (χ1n) is 7.86. The number of nitrogens with one attached hydrogen (secondary N) is 1. The zero-order chi connectivity index (χ0) is 15.1. The number of hydrogen-bond acceptors (Lipinski definition) is 5. The summed E-state index contributed by atoms with van der Waals surface area (Å²) in [6.45, 7) is 7.42. The highest BCUT2D eigenvalue weighted by Gasteiger charge is 2.18. The lowest BCUT2D eigenvalue weighted by Gasteiger charge is -2.26. The van der Waals surface area contributed by atoms with Crippen molar-refractivity contribution < 1.29 is 9.53 Å². The first-order chi connectivity index (χ1) is 10.2. The summed E-state index contributed by atoms with van der Waals surface area (Å²) < 4.78 is 4.98. The summed E-state index contributed by atoms with van der Waals surface area (Å²) in [6.07, 6.45) is 5.16. The molecule has 1 unspecified atom stereocenters. The Hall–Kier alpha value is -1.62. The van der Waals surface area contributed by atoms with Gasteiger partial charge >= 0.3 is 5.97 Å². The summed E-state index contributed by atoms with van der Waals surface area (Å²) in [5.74, 6) is 0.620. The fourth-order valence-corrected chi connectivity index (χ4v) is 2.66. The van der Waals surface area contributed by atoms with E-state index in [1.165, 1.54) is 12.8 Å². The number of nitrogens with zero attached hydrogens (tertiary/aromatic N) is 2. The van der Waals surface area contributed by atoms with Crippen LogP contribution >= 0.6 is 0 Å². The lowest BCUT2D eigenvalue weighted by Crippen LogP contribution is -2.38. The number of carbonyl (C=O) groups excluding carboxylic acids is 1. The Bertz CT molecular complexity index is 441. The van der Waals surface area contributed by atoms with E-state index in [1.54, 1.807) is 19.2 Å². The van der Waals surface area contributed by atoms with Crippen molar-refractivity contribution in [3.63, 3.8) is 0 Å². The van der Waals surface area contributed by atoms with Gasteiger partial charge < -0.3 is 15.0 Å². The largest absolute Gasteiger partial charge is 0.462 e. The maximum atomic E-state index is 11.6. The zero-order valence-corrected chi connectivity index (χ0v) is 13.0. The molecule has 5 nitrogen and oxygen atoms in total. The van der Waals surface area contributed by atoms with E-state index in [9.17, 15) is 4.79 Å².